The molecule has 1 saturated carbocycles. The van der Waals surface area contributed by atoms with Gasteiger partial charge >= 0.3 is 6.09 Å². The Bertz CT molecular complexity index is 728. The third kappa shape index (κ3) is 3.12. The summed E-state index contributed by atoms with van der Waals surface area (Å²) in [6, 6.07) is 12.4. The molecule has 3 N–H and O–H groups in total. The van der Waals surface area contributed by atoms with Gasteiger partial charge in [0.25, 0.3) is 0 Å². The van der Waals surface area contributed by atoms with E-state index < -0.39 is 6.09 Å². The van der Waals surface area contributed by atoms with Crippen LogP contribution in [0.2, 0.25) is 0 Å². The Morgan fingerprint density at radius 1 is 1.14 bits per heavy atom. The topological polar surface area (TPSA) is 62.4 Å². The van der Waals surface area contributed by atoms with Gasteiger partial charge in [0.05, 0.1) is 7.11 Å². The molecule has 114 valence electrons. The number of hydrogen-bond donors (Lipinski definition) is 3. The van der Waals surface area contributed by atoms with Crippen molar-refractivity contribution < 1.29 is 9.53 Å². The number of methoxy groups -OCH3 is 1. The van der Waals surface area contributed by atoms with Crippen LogP contribution in [0.4, 0.5) is 10.5 Å². The number of thiocarbonyl (C=S) groups is 1. The van der Waals surface area contributed by atoms with Crippen molar-refractivity contribution in [2.45, 2.75) is 18.8 Å². The van der Waals surface area contributed by atoms with Crippen molar-refractivity contribution >= 4 is 39.9 Å². The van der Waals surface area contributed by atoms with E-state index in [1.54, 1.807) is 0 Å². The molecule has 1 aliphatic rings. The van der Waals surface area contributed by atoms with Crippen LogP contribution in [0.25, 0.3) is 10.8 Å². The van der Waals surface area contributed by atoms with E-state index in [9.17, 15) is 4.79 Å². The van der Waals surface area contributed by atoms with Crippen LogP contribution < -0.4 is 16.2 Å². The zero-order valence-electron chi connectivity index (χ0n) is 12.2. The van der Waals surface area contributed by atoms with E-state index in [0.29, 0.717) is 11.0 Å². The van der Waals surface area contributed by atoms with Crippen molar-refractivity contribution in [3.63, 3.8) is 0 Å². The fourth-order valence-electron chi connectivity index (χ4n) is 2.49. The van der Waals surface area contributed by atoms with E-state index in [0.717, 1.165) is 11.1 Å². The van der Waals surface area contributed by atoms with E-state index in [4.69, 9.17) is 12.2 Å². The highest BCUT2D eigenvalue weighted by Crippen LogP contribution is 2.44. The highest BCUT2D eigenvalue weighted by molar-refractivity contribution is 7.80. The van der Waals surface area contributed by atoms with Crippen molar-refractivity contribution in [2.75, 3.05) is 12.4 Å². The zero-order valence-corrected chi connectivity index (χ0v) is 13.0. The summed E-state index contributed by atoms with van der Waals surface area (Å²) < 4.78 is 4.47. The Balaban J connectivity index is 1.81. The molecular weight excluding hydrogens is 298 g/mol. The molecule has 0 atom stereocenters. The fraction of sp³-hybridized carbons (Fsp3) is 0.250. The summed E-state index contributed by atoms with van der Waals surface area (Å²) >= 11 is 5.17. The maximum absolute atomic E-state index is 11.0. The maximum Gasteiger partial charge on any atom is 0.425 e. The standard InChI is InChI=1S/C16H17N3O2S/c1-21-16(20)19-18-15(22)17-14-9-8-11(10-6-7-10)12-4-2-3-5-13(12)14/h2-5,8-10H,6-7H2,1H3,(H,19,20)(H2,17,18,22). The molecule has 1 amide bonds. The van der Waals surface area contributed by atoms with Gasteiger partial charge in [-0.05, 0) is 48.0 Å². The second kappa shape index (κ2) is 6.19. The van der Waals surface area contributed by atoms with Crippen LogP contribution in [0.1, 0.15) is 24.3 Å². The van der Waals surface area contributed by atoms with Gasteiger partial charge < -0.3 is 10.1 Å². The smallest absolute Gasteiger partial charge is 0.425 e. The summed E-state index contributed by atoms with van der Waals surface area (Å²) in [5.74, 6) is 0.685. The quantitative estimate of drug-likeness (QED) is 0.586. The molecule has 2 aromatic rings. The van der Waals surface area contributed by atoms with Crippen LogP contribution >= 0.6 is 12.2 Å². The highest BCUT2D eigenvalue weighted by atomic mass is 32.1. The van der Waals surface area contributed by atoms with Crippen LogP contribution in [0.3, 0.4) is 0 Å². The van der Waals surface area contributed by atoms with Crippen molar-refractivity contribution in [1.82, 2.24) is 10.9 Å². The number of benzene rings is 2. The molecule has 0 unspecified atom stereocenters. The number of hydrazine groups is 1. The molecular formula is C16H17N3O2S. The number of fused-ring (bicyclic) bond motifs is 1. The van der Waals surface area contributed by atoms with Crippen LogP contribution in [0.15, 0.2) is 36.4 Å². The summed E-state index contributed by atoms with van der Waals surface area (Å²) in [5.41, 5.74) is 7.22. The van der Waals surface area contributed by atoms with E-state index in [2.05, 4.69) is 39.1 Å². The lowest BCUT2D eigenvalue weighted by Crippen LogP contribution is -2.43. The van der Waals surface area contributed by atoms with Crippen LogP contribution in [-0.2, 0) is 4.74 Å². The average molecular weight is 315 g/mol. The van der Waals surface area contributed by atoms with Gasteiger partial charge in [-0.25, -0.2) is 10.2 Å². The first-order chi connectivity index (χ1) is 10.7. The molecule has 0 bridgehead atoms. The van der Waals surface area contributed by atoms with Gasteiger partial charge in [0, 0.05) is 11.1 Å². The number of carbonyl (C=O) groups is 1. The predicted octanol–water partition coefficient (Wildman–Crippen LogP) is 3.27. The average Bonchev–Trinajstić information content (AvgIpc) is 3.37. The first-order valence-electron chi connectivity index (χ1n) is 7.11. The maximum atomic E-state index is 11.0. The molecule has 0 aliphatic heterocycles. The minimum atomic E-state index is -0.599. The normalized spacial score (nSPS) is 13.5. The lowest BCUT2D eigenvalue weighted by atomic mass is 10.00. The van der Waals surface area contributed by atoms with Crippen LogP contribution in [0, 0.1) is 0 Å². The molecule has 6 heteroatoms. The number of hydrogen-bond acceptors (Lipinski definition) is 3. The molecule has 0 saturated heterocycles. The van der Waals surface area contributed by atoms with Crippen molar-refractivity contribution in [1.29, 1.82) is 0 Å². The Labute approximate surface area is 134 Å². The minimum absolute atomic E-state index is 0.301. The first-order valence-corrected chi connectivity index (χ1v) is 7.52. The second-order valence-electron chi connectivity index (χ2n) is 5.22. The molecule has 2 aromatic carbocycles. The lowest BCUT2D eigenvalue weighted by molar-refractivity contribution is 0.169. The second-order valence-corrected chi connectivity index (χ2v) is 5.63. The molecule has 0 heterocycles. The third-order valence-corrected chi connectivity index (χ3v) is 3.89. The summed E-state index contributed by atoms with van der Waals surface area (Å²) in [6.07, 6.45) is 1.93. The highest BCUT2D eigenvalue weighted by Gasteiger charge is 2.25. The van der Waals surface area contributed by atoms with Gasteiger partial charge in [-0.1, -0.05) is 30.3 Å². The lowest BCUT2D eigenvalue weighted by Gasteiger charge is -2.14. The van der Waals surface area contributed by atoms with Gasteiger partial charge in [0.15, 0.2) is 5.11 Å². The SMILES string of the molecule is COC(=O)NNC(=S)Nc1ccc(C2CC2)c2ccccc12. The van der Waals surface area contributed by atoms with E-state index in [1.165, 1.54) is 30.9 Å². The molecule has 0 aromatic heterocycles. The zero-order chi connectivity index (χ0) is 15.5. The van der Waals surface area contributed by atoms with E-state index in [-0.39, 0.29) is 0 Å². The molecule has 1 aliphatic carbocycles. The van der Waals surface area contributed by atoms with Crippen LogP contribution in [-0.4, -0.2) is 18.3 Å². The van der Waals surface area contributed by atoms with Crippen molar-refractivity contribution in [2.24, 2.45) is 0 Å². The van der Waals surface area contributed by atoms with Crippen LogP contribution in [0.5, 0.6) is 0 Å². The van der Waals surface area contributed by atoms with Gasteiger partial charge in [0.1, 0.15) is 0 Å². The number of nitrogens with one attached hydrogen (secondary N) is 3. The largest absolute Gasteiger partial charge is 0.452 e. The molecule has 5 nitrogen and oxygen atoms in total. The summed E-state index contributed by atoms with van der Waals surface area (Å²) in [5, 5.41) is 5.77. The Hall–Kier alpha value is -2.34. The number of rotatable bonds is 2. The molecule has 0 spiro atoms. The van der Waals surface area contributed by atoms with E-state index >= 15 is 0 Å². The number of ether oxygens (including phenoxy) is 1. The molecule has 3 rings (SSSR count). The van der Waals surface area contributed by atoms with E-state index in [1.807, 2.05) is 18.2 Å². The molecule has 0 radical (unpaired) electrons. The summed E-state index contributed by atoms with van der Waals surface area (Å²) in [6.45, 7) is 0. The van der Waals surface area contributed by atoms with Crippen molar-refractivity contribution in [3.8, 4) is 0 Å². The van der Waals surface area contributed by atoms with Gasteiger partial charge in [-0.15, -0.1) is 0 Å². The summed E-state index contributed by atoms with van der Waals surface area (Å²) in [7, 11) is 1.29. The number of amides is 1. The fourth-order valence-corrected chi connectivity index (χ4v) is 2.66. The summed E-state index contributed by atoms with van der Waals surface area (Å²) in [4.78, 5) is 11.0. The number of anilines is 1. The molecule has 1 fully saturated rings. The molecule has 22 heavy (non-hydrogen) atoms. The Kier molecular flexibility index (Phi) is 4.11. The Morgan fingerprint density at radius 3 is 2.55 bits per heavy atom. The predicted molar refractivity (Wildman–Crippen MR) is 90.8 cm³/mol. The third-order valence-electron chi connectivity index (χ3n) is 3.69. The first kappa shape index (κ1) is 14.6. The van der Waals surface area contributed by atoms with Gasteiger partial charge in [-0.3, -0.25) is 5.43 Å². The number of carbonyl (C=O) groups excluding carboxylic acids is 1. The van der Waals surface area contributed by atoms with Gasteiger partial charge in [0.2, 0.25) is 0 Å². The van der Waals surface area contributed by atoms with Crippen molar-refractivity contribution in [3.05, 3.63) is 42.0 Å². The van der Waals surface area contributed by atoms with Gasteiger partial charge in [-0.2, -0.15) is 0 Å². The minimum Gasteiger partial charge on any atom is -0.452 e. The Morgan fingerprint density at radius 2 is 1.86 bits per heavy atom. The monoisotopic (exact) mass is 315 g/mol.